The number of hydrogen-bond donors (Lipinski definition) is 2. The molecule has 0 radical (unpaired) electrons. The summed E-state index contributed by atoms with van der Waals surface area (Å²) in [6, 6.07) is 0.0901. The molecule has 0 aromatic heterocycles. The van der Waals surface area contributed by atoms with Crippen LogP contribution in [0.2, 0.25) is 0 Å². The summed E-state index contributed by atoms with van der Waals surface area (Å²) in [5, 5.41) is 12.8. The summed E-state index contributed by atoms with van der Waals surface area (Å²) in [6.07, 6.45) is 3.49. The molecule has 0 aromatic rings. The van der Waals surface area contributed by atoms with Crippen LogP contribution in [0.4, 0.5) is 4.79 Å². The lowest BCUT2D eigenvalue weighted by Crippen LogP contribution is -2.53. The van der Waals surface area contributed by atoms with E-state index in [1.54, 1.807) is 0 Å². The normalized spacial score (nSPS) is 36.7. The van der Waals surface area contributed by atoms with Gasteiger partial charge in [0.05, 0.1) is 6.10 Å². The van der Waals surface area contributed by atoms with Crippen molar-refractivity contribution in [3.8, 4) is 0 Å². The Hall–Kier alpha value is -0.770. The fraction of sp³-hybridized carbons (Fsp3) is 0.923. The van der Waals surface area contributed by atoms with Gasteiger partial charge in [-0.25, -0.2) is 4.79 Å². The maximum Gasteiger partial charge on any atom is 0.407 e. The zero-order chi connectivity index (χ0) is 12.6. The predicted molar refractivity (Wildman–Crippen MR) is 64.6 cm³/mol. The Bertz CT molecular complexity index is 298. The Balaban J connectivity index is 1.89. The maximum absolute atomic E-state index is 11.7. The van der Waals surface area contributed by atoms with Crippen LogP contribution >= 0.6 is 0 Å². The highest BCUT2D eigenvalue weighted by Crippen LogP contribution is 2.41. The summed E-state index contributed by atoms with van der Waals surface area (Å²) in [4.78, 5) is 11.7. The van der Waals surface area contributed by atoms with Gasteiger partial charge in [-0.1, -0.05) is 0 Å². The summed E-state index contributed by atoms with van der Waals surface area (Å²) in [5.74, 6) is 0.780. The molecule has 4 unspecified atom stereocenters. The zero-order valence-electron chi connectivity index (χ0n) is 10.9. The molecule has 2 bridgehead atoms. The van der Waals surface area contributed by atoms with E-state index in [1.807, 2.05) is 20.8 Å². The second-order valence-corrected chi connectivity index (χ2v) is 6.40. The van der Waals surface area contributed by atoms with Crippen LogP contribution in [0.3, 0.4) is 0 Å². The molecule has 0 aliphatic heterocycles. The molecular formula is C13H23NO3. The molecule has 3 aliphatic rings. The molecule has 2 N–H and O–H groups in total. The highest BCUT2D eigenvalue weighted by atomic mass is 16.6. The van der Waals surface area contributed by atoms with Crippen LogP contribution in [0, 0.1) is 11.8 Å². The van der Waals surface area contributed by atoms with Crippen molar-refractivity contribution in [2.75, 3.05) is 0 Å². The summed E-state index contributed by atoms with van der Waals surface area (Å²) < 4.78 is 5.25. The molecule has 0 aromatic carbocycles. The smallest absolute Gasteiger partial charge is 0.407 e. The van der Waals surface area contributed by atoms with Crippen molar-refractivity contribution < 1.29 is 14.6 Å². The van der Waals surface area contributed by atoms with Crippen molar-refractivity contribution in [1.82, 2.24) is 5.32 Å². The highest BCUT2D eigenvalue weighted by molar-refractivity contribution is 5.68. The molecule has 98 valence electrons. The van der Waals surface area contributed by atoms with Gasteiger partial charge in [-0.15, -0.1) is 0 Å². The summed E-state index contributed by atoms with van der Waals surface area (Å²) in [6.45, 7) is 5.57. The topological polar surface area (TPSA) is 58.6 Å². The third-order valence-corrected chi connectivity index (χ3v) is 3.78. The van der Waals surface area contributed by atoms with Crippen LogP contribution in [0.25, 0.3) is 0 Å². The third kappa shape index (κ3) is 3.12. The van der Waals surface area contributed by atoms with Crippen molar-refractivity contribution in [3.05, 3.63) is 0 Å². The monoisotopic (exact) mass is 241 g/mol. The lowest BCUT2D eigenvalue weighted by Gasteiger charge is -2.45. The minimum absolute atomic E-state index is 0.0901. The Morgan fingerprint density at radius 3 is 2.53 bits per heavy atom. The Kier molecular flexibility index (Phi) is 3.34. The van der Waals surface area contributed by atoms with Gasteiger partial charge in [-0.2, -0.15) is 0 Å². The molecule has 4 heteroatoms. The van der Waals surface area contributed by atoms with Gasteiger partial charge in [0.1, 0.15) is 5.60 Å². The molecule has 1 amide bonds. The number of fused-ring (bicyclic) bond motifs is 3. The molecule has 3 aliphatic carbocycles. The first-order valence-electron chi connectivity index (χ1n) is 6.53. The van der Waals surface area contributed by atoms with Gasteiger partial charge >= 0.3 is 6.09 Å². The second kappa shape index (κ2) is 4.48. The van der Waals surface area contributed by atoms with E-state index in [-0.39, 0.29) is 24.2 Å². The van der Waals surface area contributed by atoms with Crippen molar-refractivity contribution in [3.63, 3.8) is 0 Å². The van der Waals surface area contributed by atoms with Crippen LogP contribution in [0.1, 0.15) is 46.5 Å². The first kappa shape index (κ1) is 12.7. The summed E-state index contributed by atoms with van der Waals surface area (Å²) in [5.41, 5.74) is -0.462. The number of carbonyl (C=O) groups is 1. The fourth-order valence-electron chi connectivity index (χ4n) is 3.10. The molecule has 4 nitrogen and oxygen atoms in total. The van der Waals surface area contributed by atoms with Crippen LogP contribution in [0.5, 0.6) is 0 Å². The van der Waals surface area contributed by atoms with Crippen LogP contribution < -0.4 is 5.32 Å². The molecule has 0 heterocycles. The van der Waals surface area contributed by atoms with Gasteiger partial charge in [0.15, 0.2) is 0 Å². The molecule has 3 fully saturated rings. The fourth-order valence-corrected chi connectivity index (χ4v) is 3.10. The van der Waals surface area contributed by atoms with E-state index in [0.717, 1.165) is 19.3 Å². The zero-order valence-corrected chi connectivity index (χ0v) is 10.9. The van der Waals surface area contributed by atoms with Gasteiger partial charge in [-0.3, -0.25) is 0 Å². The Morgan fingerprint density at radius 2 is 2.00 bits per heavy atom. The van der Waals surface area contributed by atoms with E-state index in [4.69, 9.17) is 4.74 Å². The molecule has 4 atom stereocenters. The highest BCUT2D eigenvalue weighted by Gasteiger charge is 2.42. The molecule has 17 heavy (non-hydrogen) atoms. The van der Waals surface area contributed by atoms with E-state index in [9.17, 15) is 9.90 Å². The largest absolute Gasteiger partial charge is 0.444 e. The number of aliphatic hydroxyl groups excluding tert-OH is 1. The lowest BCUT2D eigenvalue weighted by molar-refractivity contribution is -0.0237. The van der Waals surface area contributed by atoms with Crippen LogP contribution in [-0.2, 0) is 4.74 Å². The van der Waals surface area contributed by atoms with Gasteiger partial charge in [0, 0.05) is 12.0 Å². The average molecular weight is 241 g/mol. The van der Waals surface area contributed by atoms with Crippen LogP contribution in [-0.4, -0.2) is 28.9 Å². The van der Waals surface area contributed by atoms with Gasteiger partial charge in [-0.05, 0) is 52.4 Å². The van der Waals surface area contributed by atoms with Crippen molar-refractivity contribution in [2.24, 2.45) is 11.8 Å². The Labute approximate surface area is 103 Å². The maximum atomic E-state index is 11.7. The number of ether oxygens (including phenoxy) is 1. The first-order chi connectivity index (χ1) is 7.85. The number of aliphatic hydroxyl groups is 1. The van der Waals surface area contributed by atoms with Crippen molar-refractivity contribution in [1.29, 1.82) is 0 Å². The molecule has 0 saturated heterocycles. The standard InChI is InChI=1S/C13H23NO3/c1-13(2,3)17-12(16)14-10-6-8-4-5-9(10)11(15)7-8/h8-11,15H,4-7H2,1-3H3,(H,14,16). The first-order valence-corrected chi connectivity index (χ1v) is 6.53. The van der Waals surface area contributed by atoms with Gasteiger partial charge in [0.2, 0.25) is 0 Å². The predicted octanol–water partition coefficient (Wildman–Crippen LogP) is 2.06. The SMILES string of the molecule is CC(C)(C)OC(=O)NC1CC2CCC1C(O)C2. The van der Waals surface area contributed by atoms with E-state index >= 15 is 0 Å². The molecular weight excluding hydrogens is 218 g/mol. The Morgan fingerprint density at radius 1 is 1.29 bits per heavy atom. The number of rotatable bonds is 1. The summed E-state index contributed by atoms with van der Waals surface area (Å²) in [7, 11) is 0. The van der Waals surface area contributed by atoms with E-state index in [0.29, 0.717) is 5.92 Å². The number of nitrogens with one attached hydrogen (secondary N) is 1. The molecule has 0 spiro atoms. The minimum atomic E-state index is -0.462. The van der Waals surface area contributed by atoms with E-state index < -0.39 is 5.60 Å². The van der Waals surface area contributed by atoms with E-state index in [1.165, 1.54) is 6.42 Å². The number of amides is 1. The third-order valence-electron chi connectivity index (χ3n) is 3.78. The van der Waals surface area contributed by atoms with Crippen molar-refractivity contribution in [2.45, 2.75) is 64.2 Å². The molecule has 3 rings (SSSR count). The second-order valence-electron chi connectivity index (χ2n) is 6.40. The number of alkyl carbamates (subject to hydrolysis) is 1. The van der Waals surface area contributed by atoms with E-state index in [2.05, 4.69) is 5.32 Å². The minimum Gasteiger partial charge on any atom is -0.444 e. The molecule has 3 saturated carbocycles. The van der Waals surface area contributed by atoms with Crippen LogP contribution in [0.15, 0.2) is 0 Å². The van der Waals surface area contributed by atoms with Gasteiger partial charge in [0.25, 0.3) is 0 Å². The number of hydrogen-bond acceptors (Lipinski definition) is 3. The average Bonchev–Trinajstić information content (AvgIpc) is 2.14. The quantitative estimate of drug-likeness (QED) is 0.738. The van der Waals surface area contributed by atoms with Crippen molar-refractivity contribution >= 4 is 6.09 Å². The number of carbonyl (C=O) groups excluding carboxylic acids is 1. The lowest BCUT2D eigenvalue weighted by atomic mass is 9.66. The van der Waals surface area contributed by atoms with Gasteiger partial charge < -0.3 is 15.2 Å². The summed E-state index contributed by atoms with van der Waals surface area (Å²) >= 11 is 0.